The van der Waals surface area contributed by atoms with Crippen LogP contribution >= 0.6 is 0 Å². The average molecular weight is 323 g/mol. The third-order valence-electron chi connectivity index (χ3n) is 4.90. The first kappa shape index (κ1) is 16.7. The summed E-state index contributed by atoms with van der Waals surface area (Å²) in [5, 5.41) is 10.1. The fraction of sp³-hybridized carbons (Fsp3) is 0.381. The van der Waals surface area contributed by atoms with Crippen LogP contribution in [0.2, 0.25) is 0 Å². The van der Waals surface area contributed by atoms with Crippen molar-refractivity contribution in [1.29, 1.82) is 0 Å². The minimum atomic E-state index is -0.579. The number of carbonyl (C=O) groups is 1. The van der Waals surface area contributed by atoms with E-state index >= 15 is 0 Å². The van der Waals surface area contributed by atoms with Gasteiger partial charge >= 0.3 is 0 Å². The molecule has 24 heavy (non-hydrogen) atoms. The van der Waals surface area contributed by atoms with Crippen LogP contribution in [-0.4, -0.2) is 28.6 Å². The van der Waals surface area contributed by atoms with Crippen molar-refractivity contribution in [2.24, 2.45) is 5.92 Å². The van der Waals surface area contributed by atoms with Crippen molar-refractivity contribution in [1.82, 2.24) is 4.90 Å². The number of fused-ring (bicyclic) bond motifs is 1. The van der Waals surface area contributed by atoms with Gasteiger partial charge in [-0.3, -0.25) is 4.79 Å². The van der Waals surface area contributed by atoms with Crippen LogP contribution in [0.3, 0.4) is 0 Å². The summed E-state index contributed by atoms with van der Waals surface area (Å²) < 4.78 is 0. The highest BCUT2D eigenvalue weighted by atomic mass is 16.3. The van der Waals surface area contributed by atoms with Gasteiger partial charge in [0, 0.05) is 19.0 Å². The summed E-state index contributed by atoms with van der Waals surface area (Å²) in [6.45, 7) is 5.18. The smallest absolute Gasteiger partial charge is 0.225 e. The molecule has 3 rings (SSSR count). The van der Waals surface area contributed by atoms with Gasteiger partial charge in [-0.15, -0.1) is 0 Å². The Labute approximate surface area is 143 Å². The minimum absolute atomic E-state index is 0.0339. The van der Waals surface area contributed by atoms with Gasteiger partial charge in [0.05, 0.1) is 12.5 Å². The number of hydrogen-bond donors (Lipinski definition) is 1. The third kappa shape index (κ3) is 3.51. The molecule has 3 nitrogen and oxygen atoms in total. The number of carbonyl (C=O) groups excluding carboxylic acids is 1. The average Bonchev–Trinajstić information content (AvgIpc) is 2.61. The Morgan fingerprint density at radius 3 is 2.50 bits per heavy atom. The van der Waals surface area contributed by atoms with Crippen molar-refractivity contribution in [3.63, 3.8) is 0 Å². The molecule has 0 saturated carbocycles. The fourth-order valence-corrected chi connectivity index (χ4v) is 3.31. The molecular weight excluding hydrogens is 298 g/mol. The van der Waals surface area contributed by atoms with E-state index in [1.807, 2.05) is 43.0 Å². The molecule has 0 spiro atoms. The normalized spacial score (nSPS) is 18.3. The van der Waals surface area contributed by atoms with Crippen LogP contribution in [0.15, 0.2) is 54.6 Å². The Balaban J connectivity index is 1.87. The summed E-state index contributed by atoms with van der Waals surface area (Å²) in [4.78, 5) is 14.6. The summed E-state index contributed by atoms with van der Waals surface area (Å²) in [6, 6.07) is 18.7. The molecule has 2 aromatic rings. The molecule has 0 aromatic heterocycles. The Morgan fingerprint density at radius 1 is 1.12 bits per heavy atom. The zero-order valence-electron chi connectivity index (χ0n) is 14.4. The molecule has 3 heteroatoms. The van der Waals surface area contributed by atoms with Gasteiger partial charge in [0.1, 0.15) is 0 Å². The molecule has 126 valence electrons. The molecule has 1 heterocycles. The number of hydrogen-bond acceptors (Lipinski definition) is 2. The molecule has 2 aromatic carbocycles. The highest BCUT2D eigenvalue weighted by Gasteiger charge is 2.29. The van der Waals surface area contributed by atoms with Crippen molar-refractivity contribution in [3.8, 4) is 0 Å². The van der Waals surface area contributed by atoms with Crippen molar-refractivity contribution in [2.45, 2.75) is 38.8 Å². The molecule has 0 aliphatic carbocycles. The summed E-state index contributed by atoms with van der Waals surface area (Å²) in [5.74, 6) is 0.318. The summed E-state index contributed by atoms with van der Waals surface area (Å²) >= 11 is 0. The topological polar surface area (TPSA) is 40.5 Å². The van der Waals surface area contributed by atoms with E-state index in [4.69, 9.17) is 0 Å². The number of rotatable bonds is 4. The predicted octanol–water partition coefficient (Wildman–Crippen LogP) is 3.57. The van der Waals surface area contributed by atoms with Crippen molar-refractivity contribution >= 4 is 5.91 Å². The number of nitrogens with zero attached hydrogens (tertiary/aromatic N) is 1. The summed E-state index contributed by atoms with van der Waals surface area (Å²) in [6.07, 6.45) is -0.383. The van der Waals surface area contributed by atoms with Gasteiger partial charge in [-0.25, -0.2) is 0 Å². The largest absolute Gasteiger partial charge is 0.392 e. The first-order valence-corrected chi connectivity index (χ1v) is 8.65. The summed E-state index contributed by atoms with van der Waals surface area (Å²) in [5.41, 5.74) is 3.73. The Bertz CT molecular complexity index is 696. The third-order valence-corrected chi connectivity index (χ3v) is 4.90. The lowest BCUT2D eigenvalue weighted by molar-refractivity contribution is -0.135. The van der Waals surface area contributed by atoms with Gasteiger partial charge in [0.2, 0.25) is 5.91 Å². The molecule has 2 atom stereocenters. The van der Waals surface area contributed by atoms with Crippen LogP contribution in [-0.2, 0) is 11.3 Å². The zero-order chi connectivity index (χ0) is 17.1. The van der Waals surface area contributed by atoms with E-state index in [1.54, 1.807) is 0 Å². The minimum Gasteiger partial charge on any atom is -0.392 e. The van der Waals surface area contributed by atoms with Crippen LogP contribution in [0, 0.1) is 5.92 Å². The lowest BCUT2D eigenvalue weighted by Gasteiger charge is -2.35. The Hall–Kier alpha value is -2.13. The quantitative estimate of drug-likeness (QED) is 0.934. The summed E-state index contributed by atoms with van der Waals surface area (Å²) in [7, 11) is 0. The van der Waals surface area contributed by atoms with Crippen LogP contribution in [0.25, 0.3) is 0 Å². The van der Waals surface area contributed by atoms with Crippen molar-refractivity contribution in [3.05, 3.63) is 71.3 Å². The van der Waals surface area contributed by atoms with Gasteiger partial charge in [-0.1, -0.05) is 68.4 Å². The molecule has 1 N–H and O–H groups in total. The monoisotopic (exact) mass is 323 g/mol. The zero-order valence-corrected chi connectivity index (χ0v) is 14.4. The van der Waals surface area contributed by atoms with Crippen LogP contribution in [0.4, 0.5) is 0 Å². The van der Waals surface area contributed by atoms with E-state index in [-0.39, 0.29) is 24.2 Å². The number of amides is 1. The Kier molecular flexibility index (Phi) is 5.00. The van der Waals surface area contributed by atoms with Crippen LogP contribution < -0.4 is 0 Å². The van der Waals surface area contributed by atoms with Gasteiger partial charge < -0.3 is 10.0 Å². The fourth-order valence-electron chi connectivity index (χ4n) is 3.31. The van der Waals surface area contributed by atoms with E-state index in [2.05, 4.69) is 30.3 Å². The second-order valence-electron chi connectivity index (χ2n) is 6.95. The standard InChI is InChI=1S/C21H25NO2/c1-15(2)20(23)12-21(24)22-13-17-10-6-7-11-18(17)19(14-22)16-8-4-3-5-9-16/h3-11,15,19-20,23H,12-14H2,1-2H3. The van der Waals surface area contributed by atoms with Crippen molar-refractivity contribution < 1.29 is 9.90 Å². The van der Waals surface area contributed by atoms with E-state index in [1.165, 1.54) is 16.7 Å². The van der Waals surface area contributed by atoms with Crippen LogP contribution in [0.1, 0.15) is 42.9 Å². The van der Waals surface area contributed by atoms with Gasteiger partial charge in [0.15, 0.2) is 0 Å². The highest BCUT2D eigenvalue weighted by molar-refractivity contribution is 5.77. The molecule has 1 aliphatic heterocycles. The van der Waals surface area contributed by atoms with Gasteiger partial charge in [-0.2, -0.15) is 0 Å². The van der Waals surface area contributed by atoms with Gasteiger partial charge in [-0.05, 0) is 22.6 Å². The molecule has 1 aliphatic rings. The maximum absolute atomic E-state index is 12.7. The predicted molar refractivity (Wildman–Crippen MR) is 95.6 cm³/mol. The van der Waals surface area contributed by atoms with E-state index in [9.17, 15) is 9.90 Å². The number of benzene rings is 2. The van der Waals surface area contributed by atoms with E-state index in [0.717, 1.165) is 0 Å². The maximum atomic E-state index is 12.7. The second kappa shape index (κ2) is 7.18. The molecular formula is C21H25NO2. The van der Waals surface area contributed by atoms with E-state index in [0.29, 0.717) is 13.1 Å². The second-order valence-corrected chi connectivity index (χ2v) is 6.95. The number of aliphatic hydroxyl groups is 1. The first-order chi connectivity index (χ1) is 11.6. The Morgan fingerprint density at radius 2 is 1.79 bits per heavy atom. The van der Waals surface area contributed by atoms with Gasteiger partial charge in [0.25, 0.3) is 0 Å². The SMILES string of the molecule is CC(C)C(O)CC(=O)N1Cc2ccccc2C(c2ccccc2)C1. The highest BCUT2D eigenvalue weighted by Crippen LogP contribution is 2.33. The molecule has 0 radical (unpaired) electrons. The molecule has 1 amide bonds. The van der Waals surface area contributed by atoms with E-state index < -0.39 is 6.10 Å². The maximum Gasteiger partial charge on any atom is 0.225 e. The molecule has 2 unspecified atom stereocenters. The number of aliphatic hydroxyl groups excluding tert-OH is 1. The lowest BCUT2D eigenvalue weighted by Crippen LogP contribution is -2.40. The van der Waals surface area contributed by atoms with Crippen LogP contribution in [0.5, 0.6) is 0 Å². The first-order valence-electron chi connectivity index (χ1n) is 8.65. The molecule has 0 fully saturated rings. The lowest BCUT2D eigenvalue weighted by atomic mass is 9.84. The van der Waals surface area contributed by atoms with Crippen molar-refractivity contribution in [2.75, 3.05) is 6.54 Å². The molecule has 0 bridgehead atoms. The molecule has 0 saturated heterocycles.